The standard InChI is InChI=1S/C24H17ClF3N5O2S/c1-13(8-20(34)19-10-18(31-12-32-19)14-4-6-29-7-5-14)23-30-11-21(36-23)22(35)33-15-2-3-17(25)16(9-15)24(26,27)28/h2-7,9-13H,8H2,1H3,(H,33,35)/t13-/m0/s1. The Morgan fingerprint density at radius 3 is 2.56 bits per heavy atom. The maximum atomic E-state index is 13.1. The van der Waals surface area contributed by atoms with Gasteiger partial charge in [-0.3, -0.25) is 14.6 Å². The third kappa shape index (κ3) is 5.92. The summed E-state index contributed by atoms with van der Waals surface area (Å²) in [4.78, 5) is 42.0. The van der Waals surface area contributed by atoms with Crippen molar-refractivity contribution in [3.8, 4) is 11.3 Å². The number of hydrogen-bond acceptors (Lipinski definition) is 7. The number of alkyl halides is 3. The normalized spacial score (nSPS) is 12.2. The molecule has 12 heteroatoms. The molecule has 0 saturated carbocycles. The van der Waals surface area contributed by atoms with Crippen molar-refractivity contribution in [1.82, 2.24) is 19.9 Å². The molecule has 0 aliphatic rings. The van der Waals surface area contributed by atoms with E-state index in [4.69, 9.17) is 11.6 Å². The van der Waals surface area contributed by atoms with Crippen LogP contribution in [0.5, 0.6) is 0 Å². The Hall–Kier alpha value is -3.70. The fourth-order valence-corrected chi connectivity index (χ4v) is 4.38. The number of halogens is 4. The minimum atomic E-state index is -4.65. The van der Waals surface area contributed by atoms with E-state index in [-0.39, 0.29) is 34.4 Å². The zero-order valence-electron chi connectivity index (χ0n) is 18.6. The summed E-state index contributed by atoms with van der Waals surface area (Å²) in [5, 5.41) is 2.49. The van der Waals surface area contributed by atoms with E-state index >= 15 is 0 Å². The van der Waals surface area contributed by atoms with Gasteiger partial charge in [-0.2, -0.15) is 13.2 Å². The first kappa shape index (κ1) is 25.4. The van der Waals surface area contributed by atoms with E-state index in [9.17, 15) is 22.8 Å². The molecule has 4 rings (SSSR count). The summed E-state index contributed by atoms with van der Waals surface area (Å²) in [5.74, 6) is -1.16. The van der Waals surface area contributed by atoms with Gasteiger partial charge in [-0.15, -0.1) is 11.3 Å². The smallest absolute Gasteiger partial charge is 0.321 e. The average Bonchev–Trinajstić information content (AvgIpc) is 3.36. The van der Waals surface area contributed by atoms with Gasteiger partial charge in [0.05, 0.1) is 27.5 Å². The number of anilines is 1. The number of carbonyl (C=O) groups excluding carboxylic acids is 2. The molecule has 0 saturated heterocycles. The lowest BCUT2D eigenvalue weighted by Crippen LogP contribution is -2.12. The van der Waals surface area contributed by atoms with Crippen LogP contribution in [0.4, 0.5) is 18.9 Å². The van der Waals surface area contributed by atoms with Crippen LogP contribution < -0.4 is 5.32 Å². The zero-order chi connectivity index (χ0) is 25.9. The van der Waals surface area contributed by atoms with Crippen LogP contribution in [0.15, 0.2) is 61.3 Å². The maximum absolute atomic E-state index is 13.1. The number of carbonyl (C=O) groups is 2. The van der Waals surface area contributed by atoms with Gasteiger partial charge < -0.3 is 5.32 Å². The fourth-order valence-electron chi connectivity index (χ4n) is 3.29. The molecule has 0 aliphatic heterocycles. The minimum absolute atomic E-state index is 0.0522. The van der Waals surface area contributed by atoms with Crippen molar-refractivity contribution >= 4 is 40.3 Å². The first-order chi connectivity index (χ1) is 17.1. The number of ketones is 1. The molecule has 3 aromatic heterocycles. The molecule has 0 aliphatic carbocycles. The predicted molar refractivity (Wildman–Crippen MR) is 129 cm³/mol. The molecule has 1 aromatic carbocycles. The number of amides is 1. The first-order valence-corrected chi connectivity index (χ1v) is 11.7. The monoisotopic (exact) mass is 531 g/mol. The summed E-state index contributed by atoms with van der Waals surface area (Å²) in [6, 6.07) is 8.27. The molecular formula is C24H17ClF3N5O2S. The first-order valence-electron chi connectivity index (χ1n) is 10.5. The summed E-state index contributed by atoms with van der Waals surface area (Å²) >= 11 is 6.67. The Bertz CT molecular complexity index is 1410. The highest BCUT2D eigenvalue weighted by molar-refractivity contribution is 7.13. The Morgan fingerprint density at radius 1 is 1.08 bits per heavy atom. The molecule has 3 heterocycles. The lowest BCUT2D eigenvalue weighted by Gasteiger charge is -2.11. The number of benzene rings is 1. The lowest BCUT2D eigenvalue weighted by molar-refractivity contribution is -0.137. The van der Waals surface area contributed by atoms with Crippen LogP contribution in [0.1, 0.15) is 50.0 Å². The van der Waals surface area contributed by atoms with Crippen molar-refractivity contribution in [3.05, 3.63) is 87.5 Å². The quantitative estimate of drug-likeness (QED) is 0.281. The molecule has 36 heavy (non-hydrogen) atoms. The van der Waals surface area contributed by atoms with E-state index in [0.29, 0.717) is 10.7 Å². The van der Waals surface area contributed by atoms with Crippen molar-refractivity contribution in [2.75, 3.05) is 5.32 Å². The SMILES string of the molecule is C[C@@H](CC(=O)c1cc(-c2ccncc2)ncn1)c1ncc(C(=O)Nc2ccc(Cl)c(C(F)(F)F)c2)s1. The highest BCUT2D eigenvalue weighted by Crippen LogP contribution is 2.36. The molecule has 1 N–H and O–H groups in total. The molecule has 0 radical (unpaired) electrons. The Morgan fingerprint density at radius 2 is 1.83 bits per heavy atom. The van der Waals surface area contributed by atoms with Gasteiger partial charge in [-0.25, -0.2) is 15.0 Å². The van der Waals surface area contributed by atoms with E-state index in [1.54, 1.807) is 37.5 Å². The van der Waals surface area contributed by atoms with Gasteiger partial charge in [-0.1, -0.05) is 18.5 Å². The number of thiazole rings is 1. The topological polar surface area (TPSA) is 97.7 Å². The van der Waals surface area contributed by atoms with E-state index in [1.165, 1.54) is 18.6 Å². The second kappa shape index (κ2) is 10.5. The van der Waals surface area contributed by atoms with Gasteiger partial charge in [0, 0.05) is 36.0 Å². The van der Waals surface area contributed by atoms with Crippen LogP contribution in [0, 0.1) is 0 Å². The number of hydrogen-bond donors (Lipinski definition) is 1. The Labute approximate surface area is 212 Å². The Balaban J connectivity index is 1.43. The molecule has 7 nitrogen and oxygen atoms in total. The third-order valence-corrected chi connectivity index (χ3v) is 6.68. The largest absolute Gasteiger partial charge is 0.417 e. The highest BCUT2D eigenvalue weighted by Gasteiger charge is 2.33. The van der Waals surface area contributed by atoms with Crippen LogP contribution in [0.3, 0.4) is 0 Å². The van der Waals surface area contributed by atoms with Crippen LogP contribution in [-0.2, 0) is 6.18 Å². The van der Waals surface area contributed by atoms with Crippen LogP contribution in [0.25, 0.3) is 11.3 Å². The van der Waals surface area contributed by atoms with Crippen molar-refractivity contribution in [3.63, 3.8) is 0 Å². The fraction of sp³-hybridized carbons (Fsp3) is 0.167. The van der Waals surface area contributed by atoms with Gasteiger partial charge in [0.25, 0.3) is 5.91 Å². The summed E-state index contributed by atoms with van der Waals surface area (Å²) in [7, 11) is 0. The van der Waals surface area contributed by atoms with E-state index < -0.39 is 22.7 Å². The zero-order valence-corrected chi connectivity index (χ0v) is 20.2. The highest BCUT2D eigenvalue weighted by atomic mass is 35.5. The summed E-state index contributed by atoms with van der Waals surface area (Å²) in [5.41, 5.74) is 0.543. The van der Waals surface area contributed by atoms with Gasteiger partial charge in [-0.05, 0) is 36.4 Å². The predicted octanol–water partition coefficient (Wildman–Crippen LogP) is 6.30. The molecule has 184 valence electrons. The van der Waals surface area contributed by atoms with Crippen LogP contribution >= 0.6 is 22.9 Å². The second-order valence-corrected chi connectivity index (χ2v) is 9.23. The molecule has 0 unspecified atom stereocenters. The molecule has 1 atom stereocenters. The van der Waals surface area contributed by atoms with E-state index in [2.05, 4.69) is 25.3 Å². The van der Waals surface area contributed by atoms with Crippen LogP contribution in [0.2, 0.25) is 5.02 Å². The summed E-state index contributed by atoms with van der Waals surface area (Å²) < 4.78 is 39.2. The van der Waals surface area contributed by atoms with Crippen molar-refractivity contribution in [1.29, 1.82) is 0 Å². The van der Waals surface area contributed by atoms with E-state index in [1.807, 2.05) is 0 Å². The molecule has 0 bridgehead atoms. The van der Waals surface area contributed by atoms with Crippen LogP contribution in [-0.4, -0.2) is 31.6 Å². The summed E-state index contributed by atoms with van der Waals surface area (Å²) in [6.45, 7) is 1.79. The van der Waals surface area contributed by atoms with Crippen molar-refractivity contribution in [2.45, 2.75) is 25.4 Å². The van der Waals surface area contributed by atoms with Gasteiger partial charge in [0.2, 0.25) is 0 Å². The maximum Gasteiger partial charge on any atom is 0.417 e. The number of Topliss-reactive ketones (excluding diaryl/α,β-unsaturated/α-hetero) is 1. The van der Waals surface area contributed by atoms with E-state index in [0.717, 1.165) is 29.0 Å². The molecular weight excluding hydrogens is 515 g/mol. The number of nitrogens with one attached hydrogen (secondary N) is 1. The molecule has 0 fully saturated rings. The minimum Gasteiger partial charge on any atom is -0.321 e. The summed E-state index contributed by atoms with van der Waals surface area (Å²) in [6.07, 6.45) is 1.33. The number of nitrogens with zero attached hydrogens (tertiary/aromatic N) is 4. The average molecular weight is 532 g/mol. The number of aromatic nitrogens is 4. The Kier molecular flexibility index (Phi) is 7.41. The lowest BCUT2D eigenvalue weighted by atomic mass is 10.0. The van der Waals surface area contributed by atoms with Crippen molar-refractivity contribution < 1.29 is 22.8 Å². The van der Waals surface area contributed by atoms with Crippen molar-refractivity contribution in [2.24, 2.45) is 0 Å². The molecule has 1 amide bonds. The van der Waals surface area contributed by atoms with Gasteiger partial charge in [0.15, 0.2) is 5.78 Å². The number of rotatable bonds is 7. The van der Waals surface area contributed by atoms with Gasteiger partial charge in [0.1, 0.15) is 16.9 Å². The van der Waals surface area contributed by atoms with Gasteiger partial charge >= 0.3 is 6.18 Å². The molecule has 4 aromatic rings. The molecule has 0 spiro atoms. The number of pyridine rings is 1. The second-order valence-electron chi connectivity index (χ2n) is 7.76. The third-order valence-electron chi connectivity index (χ3n) is 5.12.